The van der Waals surface area contributed by atoms with Gasteiger partial charge in [0.2, 0.25) is 0 Å². The molecule has 2 rings (SSSR count). The predicted octanol–water partition coefficient (Wildman–Crippen LogP) is 1.96. The van der Waals surface area contributed by atoms with E-state index < -0.39 is 11.5 Å². The Morgan fingerprint density at radius 1 is 1.26 bits per heavy atom. The summed E-state index contributed by atoms with van der Waals surface area (Å²) in [5, 5.41) is 18.5. The molecule has 5 nitrogen and oxygen atoms in total. The SMILES string of the molecule is CSc1cccc(-n2c(C(=O)O)cc(O)cc2=O)c1. The molecule has 0 radical (unpaired) electrons. The van der Waals surface area contributed by atoms with Gasteiger partial charge in [-0.05, 0) is 24.5 Å². The van der Waals surface area contributed by atoms with Crippen molar-refractivity contribution in [3.8, 4) is 11.4 Å². The zero-order valence-electron chi connectivity index (χ0n) is 10.0. The van der Waals surface area contributed by atoms with Gasteiger partial charge in [-0.25, -0.2) is 4.79 Å². The van der Waals surface area contributed by atoms with Crippen molar-refractivity contribution < 1.29 is 15.0 Å². The molecule has 0 atom stereocenters. The van der Waals surface area contributed by atoms with Crippen LogP contribution in [0.25, 0.3) is 5.69 Å². The van der Waals surface area contributed by atoms with E-state index in [4.69, 9.17) is 5.11 Å². The second-order valence-electron chi connectivity index (χ2n) is 3.78. The number of hydrogen-bond acceptors (Lipinski definition) is 4. The first-order valence-corrected chi connectivity index (χ1v) is 6.59. The van der Waals surface area contributed by atoms with Gasteiger partial charge in [0.1, 0.15) is 11.4 Å². The van der Waals surface area contributed by atoms with E-state index in [0.29, 0.717) is 5.69 Å². The van der Waals surface area contributed by atoms with Crippen LogP contribution in [0.5, 0.6) is 5.75 Å². The van der Waals surface area contributed by atoms with Gasteiger partial charge in [-0.2, -0.15) is 0 Å². The molecule has 0 aliphatic carbocycles. The van der Waals surface area contributed by atoms with Gasteiger partial charge in [0.05, 0.1) is 5.69 Å². The van der Waals surface area contributed by atoms with E-state index in [0.717, 1.165) is 21.6 Å². The fourth-order valence-electron chi connectivity index (χ4n) is 1.73. The summed E-state index contributed by atoms with van der Waals surface area (Å²) in [6, 6.07) is 9.00. The van der Waals surface area contributed by atoms with Crippen LogP contribution < -0.4 is 5.56 Å². The monoisotopic (exact) mass is 277 g/mol. The van der Waals surface area contributed by atoms with Crippen LogP contribution in [0.15, 0.2) is 46.1 Å². The van der Waals surface area contributed by atoms with Gasteiger partial charge in [0.15, 0.2) is 0 Å². The van der Waals surface area contributed by atoms with Gasteiger partial charge in [-0.1, -0.05) is 6.07 Å². The molecule has 0 aliphatic heterocycles. The highest BCUT2D eigenvalue weighted by atomic mass is 32.2. The summed E-state index contributed by atoms with van der Waals surface area (Å²) in [4.78, 5) is 24.0. The number of thioether (sulfide) groups is 1. The molecule has 2 aromatic rings. The number of carbonyl (C=O) groups is 1. The van der Waals surface area contributed by atoms with E-state index >= 15 is 0 Å². The second kappa shape index (κ2) is 5.19. The Morgan fingerprint density at radius 3 is 2.63 bits per heavy atom. The van der Waals surface area contributed by atoms with Gasteiger partial charge in [0.25, 0.3) is 5.56 Å². The number of carboxylic acid groups (broad SMARTS) is 1. The Morgan fingerprint density at radius 2 is 2.00 bits per heavy atom. The number of aromatic carboxylic acids is 1. The van der Waals surface area contributed by atoms with Crippen LogP contribution in [0.4, 0.5) is 0 Å². The lowest BCUT2D eigenvalue weighted by Crippen LogP contribution is -2.23. The number of pyridine rings is 1. The number of hydrogen-bond donors (Lipinski definition) is 2. The summed E-state index contributed by atoms with van der Waals surface area (Å²) < 4.78 is 1.06. The largest absolute Gasteiger partial charge is 0.508 e. The average molecular weight is 277 g/mol. The highest BCUT2D eigenvalue weighted by Crippen LogP contribution is 2.20. The zero-order valence-corrected chi connectivity index (χ0v) is 10.8. The van der Waals surface area contributed by atoms with Crippen LogP contribution >= 0.6 is 11.8 Å². The van der Waals surface area contributed by atoms with Gasteiger partial charge in [0, 0.05) is 17.0 Å². The van der Waals surface area contributed by atoms with E-state index in [1.165, 1.54) is 11.8 Å². The molecule has 0 saturated carbocycles. The molecule has 0 bridgehead atoms. The molecule has 0 saturated heterocycles. The molecular weight excluding hydrogens is 266 g/mol. The lowest BCUT2D eigenvalue weighted by Gasteiger charge is -2.11. The molecule has 1 aromatic carbocycles. The third kappa shape index (κ3) is 2.63. The minimum atomic E-state index is -1.28. The highest BCUT2D eigenvalue weighted by molar-refractivity contribution is 7.98. The summed E-state index contributed by atoms with van der Waals surface area (Å²) in [6.07, 6.45) is 1.89. The summed E-state index contributed by atoms with van der Waals surface area (Å²) in [5.41, 5.74) is -0.409. The normalized spacial score (nSPS) is 10.4. The van der Waals surface area contributed by atoms with Crippen LogP contribution in [-0.2, 0) is 0 Å². The number of carboxylic acids is 1. The minimum Gasteiger partial charge on any atom is -0.508 e. The molecule has 1 aromatic heterocycles. The summed E-state index contributed by atoms with van der Waals surface area (Å²) in [7, 11) is 0. The molecule has 0 fully saturated rings. The fourth-order valence-corrected chi connectivity index (χ4v) is 2.18. The molecule has 0 aliphatic rings. The average Bonchev–Trinajstić information content (AvgIpc) is 2.37. The van der Waals surface area contributed by atoms with Crippen LogP contribution in [0.2, 0.25) is 0 Å². The summed E-state index contributed by atoms with van der Waals surface area (Å²) in [5.74, 6) is -1.64. The van der Waals surface area contributed by atoms with Gasteiger partial charge < -0.3 is 10.2 Å². The molecule has 0 spiro atoms. The number of aromatic hydroxyl groups is 1. The molecule has 2 N–H and O–H groups in total. The lowest BCUT2D eigenvalue weighted by atomic mass is 10.2. The number of aromatic nitrogens is 1. The smallest absolute Gasteiger partial charge is 0.353 e. The number of rotatable bonds is 3. The van der Waals surface area contributed by atoms with E-state index in [1.54, 1.807) is 18.2 Å². The van der Waals surface area contributed by atoms with Gasteiger partial charge in [-0.15, -0.1) is 11.8 Å². The number of nitrogens with zero attached hydrogens (tertiary/aromatic N) is 1. The van der Waals surface area contributed by atoms with E-state index in [1.807, 2.05) is 12.3 Å². The summed E-state index contributed by atoms with van der Waals surface area (Å²) >= 11 is 1.49. The van der Waals surface area contributed by atoms with Crippen LogP contribution in [0.1, 0.15) is 10.5 Å². The standard InChI is InChI=1S/C13H11NO4S/c1-19-10-4-2-3-8(5-10)14-11(13(17)18)6-9(15)7-12(14)16/h2-7,15H,1H3,(H,17,18). The van der Waals surface area contributed by atoms with Crippen LogP contribution in [0.3, 0.4) is 0 Å². The zero-order chi connectivity index (χ0) is 14.0. The fraction of sp³-hybridized carbons (Fsp3) is 0.0769. The predicted molar refractivity (Wildman–Crippen MR) is 72.4 cm³/mol. The topological polar surface area (TPSA) is 79.5 Å². The van der Waals surface area contributed by atoms with Crippen LogP contribution in [-0.4, -0.2) is 27.0 Å². The van der Waals surface area contributed by atoms with Crippen molar-refractivity contribution in [3.05, 3.63) is 52.4 Å². The molecule has 0 amide bonds. The first kappa shape index (κ1) is 13.2. The second-order valence-corrected chi connectivity index (χ2v) is 4.66. The Labute approximate surface area is 113 Å². The third-order valence-electron chi connectivity index (χ3n) is 2.55. The molecule has 98 valence electrons. The Hall–Kier alpha value is -2.21. The molecule has 0 unspecified atom stereocenters. The highest BCUT2D eigenvalue weighted by Gasteiger charge is 2.14. The quantitative estimate of drug-likeness (QED) is 0.838. The Kier molecular flexibility index (Phi) is 3.62. The molecule has 6 heteroatoms. The molecule has 19 heavy (non-hydrogen) atoms. The Bertz CT molecular complexity index is 693. The van der Waals surface area contributed by atoms with Gasteiger partial charge in [-0.3, -0.25) is 9.36 Å². The molecular formula is C13H11NO4S. The van der Waals surface area contributed by atoms with Crippen molar-refractivity contribution in [3.63, 3.8) is 0 Å². The maximum atomic E-state index is 11.9. The third-order valence-corrected chi connectivity index (χ3v) is 3.27. The first-order valence-electron chi connectivity index (χ1n) is 5.36. The van der Waals surface area contributed by atoms with E-state index in [9.17, 15) is 14.7 Å². The van der Waals surface area contributed by atoms with Crippen molar-refractivity contribution in [2.75, 3.05) is 6.26 Å². The van der Waals surface area contributed by atoms with Crippen LogP contribution in [0, 0.1) is 0 Å². The lowest BCUT2D eigenvalue weighted by molar-refractivity contribution is 0.0686. The Balaban J connectivity index is 2.73. The van der Waals surface area contributed by atoms with E-state index in [-0.39, 0.29) is 11.4 Å². The van der Waals surface area contributed by atoms with Gasteiger partial charge >= 0.3 is 5.97 Å². The van der Waals surface area contributed by atoms with Crippen molar-refractivity contribution in [1.29, 1.82) is 0 Å². The summed E-state index contributed by atoms with van der Waals surface area (Å²) in [6.45, 7) is 0. The number of benzene rings is 1. The van der Waals surface area contributed by atoms with Crippen molar-refractivity contribution >= 4 is 17.7 Å². The van der Waals surface area contributed by atoms with Crippen molar-refractivity contribution in [2.45, 2.75) is 4.90 Å². The van der Waals surface area contributed by atoms with Crippen molar-refractivity contribution in [1.82, 2.24) is 4.57 Å². The van der Waals surface area contributed by atoms with Crippen molar-refractivity contribution in [2.24, 2.45) is 0 Å². The minimum absolute atomic E-state index is 0.275. The maximum Gasteiger partial charge on any atom is 0.353 e. The first-order chi connectivity index (χ1) is 9.02. The molecule has 1 heterocycles. The maximum absolute atomic E-state index is 11.9. The van der Waals surface area contributed by atoms with E-state index in [2.05, 4.69) is 0 Å².